The monoisotopic (exact) mass is 369 g/mol. The molecule has 0 radical (unpaired) electrons. The lowest BCUT2D eigenvalue weighted by Gasteiger charge is -2.37. The Morgan fingerprint density at radius 2 is 2.11 bits per heavy atom. The molecule has 0 bridgehead atoms. The maximum Gasteiger partial charge on any atom is 0.405 e. The minimum absolute atomic E-state index is 0.240. The van der Waals surface area contributed by atoms with Crippen molar-refractivity contribution in [2.75, 3.05) is 18.4 Å². The average Bonchev–Trinajstić information content (AvgIpc) is 2.62. The molecule has 9 heteroatoms. The lowest BCUT2D eigenvalue weighted by Crippen LogP contribution is -2.57. The molecule has 0 atom stereocenters. The molecule has 1 aromatic heterocycles. The van der Waals surface area contributed by atoms with E-state index in [9.17, 15) is 14.4 Å². The fraction of sp³-hybridized carbons (Fsp3) is 0.333. The van der Waals surface area contributed by atoms with Crippen LogP contribution in [0.1, 0.15) is 26.0 Å². The minimum Gasteiger partial charge on any atom is -0.465 e. The van der Waals surface area contributed by atoms with Crippen LogP contribution in [0.4, 0.5) is 10.5 Å². The Kier molecular flexibility index (Phi) is 3.69. The van der Waals surface area contributed by atoms with Gasteiger partial charge in [0.05, 0.1) is 17.6 Å². The number of carboxylic acid groups (broad SMARTS) is 1. The van der Waals surface area contributed by atoms with Crippen LogP contribution >= 0.6 is 0 Å². The fourth-order valence-electron chi connectivity index (χ4n) is 3.73. The van der Waals surface area contributed by atoms with E-state index in [-0.39, 0.29) is 11.5 Å². The number of aromatic amines is 1. The van der Waals surface area contributed by atoms with E-state index < -0.39 is 11.6 Å². The van der Waals surface area contributed by atoms with Crippen molar-refractivity contribution in [2.24, 2.45) is 0 Å². The van der Waals surface area contributed by atoms with Crippen LogP contribution in [0.25, 0.3) is 16.3 Å². The molecule has 0 spiro atoms. The third-order valence-corrected chi connectivity index (χ3v) is 4.97. The van der Waals surface area contributed by atoms with Crippen molar-refractivity contribution < 1.29 is 14.7 Å². The van der Waals surface area contributed by atoms with Crippen LogP contribution in [0.3, 0.4) is 0 Å². The van der Waals surface area contributed by atoms with Gasteiger partial charge in [-0.1, -0.05) is 6.07 Å². The number of H-pyrrole nitrogens is 1. The Labute approximate surface area is 154 Å². The summed E-state index contributed by atoms with van der Waals surface area (Å²) in [4.78, 5) is 37.4. The molecule has 0 fully saturated rings. The first-order chi connectivity index (χ1) is 12.8. The second-order valence-corrected chi connectivity index (χ2v) is 7.24. The van der Waals surface area contributed by atoms with E-state index in [4.69, 9.17) is 5.11 Å². The van der Waals surface area contributed by atoms with Crippen LogP contribution in [0.5, 0.6) is 0 Å². The number of fused-ring (bicyclic) bond motifs is 1. The van der Waals surface area contributed by atoms with Crippen LogP contribution < -0.4 is 16.2 Å². The van der Waals surface area contributed by atoms with Crippen molar-refractivity contribution in [3.8, 4) is 0 Å². The predicted octanol–water partition coefficient (Wildman–Crippen LogP) is 1.34. The molecular formula is C18H19N5O4. The maximum atomic E-state index is 12.8. The molecular weight excluding hydrogens is 350 g/mol. The van der Waals surface area contributed by atoms with Gasteiger partial charge in [-0.05, 0) is 32.4 Å². The number of nitrogens with zero attached hydrogens (tertiary/aromatic N) is 2. The fourth-order valence-corrected chi connectivity index (χ4v) is 3.73. The van der Waals surface area contributed by atoms with Gasteiger partial charge in [-0.2, -0.15) is 5.10 Å². The van der Waals surface area contributed by atoms with Gasteiger partial charge in [-0.15, -0.1) is 0 Å². The van der Waals surface area contributed by atoms with E-state index in [2.05, 4.69) is 20.8 Å². The first kappa shape index (κ1) is 17.1. The number of aromatic nitrogens is 2. The van der Waals surface area contributed by atoms with Crippen LogP contribution in [-0.4, -0.2) is 50.8 Å². The van der Waals surface area contributed by atoms with E-state index in [1.54, 1.807) is 30.9 Å². The van der Waals surface area contributed by atoms with Crippen molar-refractivity contribution in [1.29, 1.82) is 0 Å². The van der Waals surface area contributed by atoms with Gasteiger partial charge in [-0.3, -0.25) is 9.59 Å². The zero-order valence-corrected chi connectivity index (χ0v) is 14.9. The number of hydrogen-bond donors (Lipinski definition) is 4. The van der Waals surface area contributed by atoms with E-state index >= 15 is 0 Å². The first-order valence-corrected chi connectivity index (χ1v) is 8.59. The van der Waals surface area contributed by atoms with Crippen molar-refractivity contribution >= 4 is 34.0 Å². The highest BCUT2D eigenvalue weighted by atomic mass is 16.4. The van der Waals surface area contributed by atoms with Gasteiger partial charge in [0.25, 0.3) is 5.56 Å². The molecule has 27 heavy (non-hydrogen) atoms. The summed E-state index contributed by atoms with van der Waals surface area (Å²) in [5, 5.41) is 22.7. The number of amides is 2. The van der Waals surface area contributed by atoms with Crippen molar-refractivity contribution in [3.05, 3.63) is 39.9 Å². The lowest BCUT2D eigenvalue weighted by atomic mass is 9.92. The molecule has 1 aromatic carbocycles. The van der Waals surface area contributed by atoms with E-state index in [0.717, 1.165) is 28.0 Å². The average molecular weight is 369 g/mol. The SMILES string of the molecule is CC(C)(NC(=O)O)C(=O)N1CCC2=C(C1)Nc1cccc3c(=O)[nH]nc2c13. The number of anilines is 1. The normalized spacial score (nSPS) is 16.0. The van der Waals surface area contributed by atoms with Gasteiger partial charge < -0.3 is 20.6 Å². The predicted molar refractivity (Wildman–Crippen MR) is 99.3 cm³/mol. The van der Waals surface area contributed by atoms with Crippen molar-refractivity contribution in [1.82, 2.24) is 20.4 Å². The number of carbonyl (C=O) groups excluding carboxylic acids is 1. The molecule has 2 aliphatic heterocycles. The van der Waals surface area contributed by atoms with Gasteiger partial charge in [0.15, 0.2) is 0 Å². The summed E-state index contributed by atoms with van der Waals surface area (Å²) >= 11 is 0. The van der Waals surface area contributed by atoms with Crippen molar-refractivity contribution in [3.63, 3.8) is 0 Å². The van der Waals surface area contributed by atoms with E-state index in [1.165, 1.54) is 0 Å². The van der Waals surface area contributed by atoms with Crippen LogP contribution in [0.15, 0.2) is 28.7 Å². The molecule has 140 valence electrons. The second-order valence-electron chi connectivity index (χ2n) is 7.24. The highest BCUT2D eigenvalue weighted by Crippen LogP contribution is 2.38. The van der Waals surface area contributed by atoms with Crippen LogP contribution in [0.2, 0.25) is 0 Å². The highest BCUT2D eigenvalue weighted by Gasteiger charge is 2.37. The summed E-state index contributed by atoms with van der Waals surface area (Å²) in [6.07, 6.45) is -0.686. The van der Waals surface area contributed by atoms with Gasteiger partial charge >= 0.3 is 6.09 Å². The minimum atomic E-state index is -1.24. The Balaban J connectivity index is 1.70. The number of nitrogens with one attached hydrogen (secondary N) is 3. The third-order valence-electron chi connectivity index (χ3n) is 4.97. The quantitative estimate of drug-likeness (QED) is 0.633. The van der Waals surface area contributed by atoms with Crippen molar-refractivity contribution in [2.45, 2.75) is 25.8 Å². The lowest BCUT2D eigenvalue weighted by molar-refractivity contribution is -0.136. The second kappa shape index (κ2) is 5.83. The smallest absolute Gasteiger partial charge is 0.405 e. The van der Waals surface area contributed by atoms with Crippen LogP contribution in [-0.2, 0) is 4.79 Å². The molecule has 0 unspecified atom stereocenters. The summed E-state index contributed by atoms with van der Waals surface area (Å²) in [6, 6.07) is 5.42. The molecule has 9 nitrogen and oxygen atoms in total. The summed E-state index contributed by atoms with van der Waals surface area (Å²) in [7, 11) is 0. The topological polar surface area (TPSA) is 127 Å². The Bertz CT molecular complexity index is 1070. The number of hydrogen-bond acceptors (Lipinski definition) is 5. The molecule has 2 aromatic rings. The number of benzene rings is 1. The summed E-state index contributed by atoms with van der Waals surface area (Å²) in [5.41, 5.74) is 1.83. The van der Waals surface area contributed by atoms with Crippen LogP contribution in [0, 0.1) is 0 Å². The third kappa shape index (κ3) is 2.71. The Hall–Kier alpha value is -3.36. The van der Waals surface area contributed by atoms with Gasteiger partial charge in [-0.25, -0.2) is 9.89 Å². The molecule has 0 saturated carbocycles. The number of rotatable bonds is 2. The number of carbonyl (C=O) groups is 2. The van der Waals surface area contributed by atoms with Gasteiger partial charge in [0, 0.05) is 28.9 Å². The highest BCUT2D eigenvalue weighted by molar-refractivity contribution is 6.04. The molecule has 0 aliphatic carbocycles. The van der Waals surface area contributed by atoms with Gasteiger partial charge in [0.1, 0.15) is 5.54 Å². The molecule has 0 saturated heterocycles. The zero-order valence-electron chi connectivity index (χ0n) is 14.9. The molecule has 4 rings (SSSR count). The largest absolute Gasteiger partial charge is 0.465 e. The Morgan fingerprint density at radius 1 is 1.33 bits per heavy atom. The first-order valence-electron chi connectivity index (χ1n) is 8.59. The molecule has 4 N–H and O–H groups in total. The Morgan fingerprint density at radius 3 is 2.85 bits per heavy atom. The standard InChI is InChI=1S/C18H19N5O4/c1-18(2,20-17(26)27)16(25)23-7-6-9-12(8-23)19-11-5-3-4-10-13(11)14(9)21-22-15(10)24/h3-5,19-20H,6-8H2,1-2H3,(H,22,24)(H,26,27). The zero-order chi connectivity index (χ0) is 19.3. The summed E-state index contributed by atoms with van der Waals surface area (Å²) in [6.45, 7) is 3.85. The molecule has 2 aliphatic rings. The van der Waals surface area contributed by atoms with E-state index in [1.807, 2.05) is 6.07 Å². The summed E-state index contributed by atoms with van der Waals surface area (Å²) < 4.78 is 0. The maximum absolute atomic E-state index is 12.8. The van der Waals surface area contributed by atoms with Gasteiger partial charge in [0.2, 0.25) is 5.91 Å². The van der Waals surface area contributed by atoms with E-state index in [0.29, 0.717) is 24.9 Å². The summed E-state index contributed by atoms with van der Waals surface area (Å²) in [5.74, 6) is -0.295. The molecule has 2 amide bonds. The molecule has 3 heterocycles.